The number of rotatable bonds is 4. The first-order chi connectivity index (χ1) is 11.0. The molecule has 0 amide bonds. The van der Waals surface area contributed by atoms with Gasteiger partial charge >= 0.3 is 0 Å². The van der Waals surface area contributed by atoms with E-state index in [9.17, 15) is 0 Å². The van der Waals surface area contributed by atoms with Crippen molar-refractivity contribution in [2.45, 2.75) is 18.7 Å². The first-order valence-electron chi connectivity index (χ1n) is 7.05. The molecule has 1 N–H and O–H groups in total. The lowest BCUT2D eigenvalue weighted by atomic mass is 10.00. The van der Waals surface area contributed by atoms with Crippen molar-refractivity contribution in [3.8, 4) is 11.3 Å². The van der Waals surface area contributed by atoms with Crippen molar-refractivity contribution in [1.29, 1.82) is 0 Å². The molecule has 3 rings (SSSR count). The van der Waals surface area contributed by atoms with E-state index < -0.39 is 0 Å². The Morgan fingerprint density at radius 2 is 1.91 bits per heavy atom. The Labute approximate surface area is 144 Å². The molecule has 0 atom stereocenters. The highest BCUT2D eigenvalue weighted by molar-refractivity contribution is 8.00. The van der Waals surface area contributed by atoms with Crippen LogP contribution in [-0.2, 0) is 7.05 Å². The molecular weight excluding hydrogens is 330 g/mol. The summed E-state index contributed by atoms with van der Waals surface area (Å²) in [6, 6.07) is 7.96. The van der Waals surface area contributed by atoms with Crippen molar-refractivity contribution in [2.75, 3.05) is 4.72 Å². The zero-order chi connectivity index (χ0) is 16.4. The number of hydrogen-bond acceptors (Lipinski definition) is 5. The van der Waals surface area contributed by atoms with Gasteiger partial charge in [-0.1, -0.05) is 29.8 Å². The molecule has 0 fully saturated rings. The summed E-state index contributed by atoms with van der Waals surface area (Å²) in [6.07, 6.45) is 3.68. The first kappa shape index (κ1) is 15.8. The number of nitrogens with one attached hydrogen (secondary N) is 1. The molecule has 5 nitrogen and oxygen atoms in total. The minimum absolute atomic E-state index is 0.409. The highest BCUT2D eigenvalue weighted by Gasteiger charge is 2.11. The van der Waals surface area contributed by atoms with Gasteiger partial charge < -0.3 is 0 Å². The topological polar surface area (TPSA) is 55.6 Å². The average molecular weight is 346 g/mol. The molecule has 0 spiro atoms. The van der Waals surface area contributed by atoms with Crippen LogP contribution in [0.25, 0.3) is 11.3 Å². The van der Waals surface area contributed by atoms with Gasteiger partial charge in [-0.15, -0.1) is 0 Å². The van der Waals surface area contributed by atoms with Crippen molar-refractivity contribution in [1.82, 2.24) is 19.7 Å². The van der Waals surface area contributed by atoms with E-state index in [4.69, 9.17) is 11.6 Å². The maximum absolute atomic E-state index is 6.17. The Morgan fingerprint density at radius 1 is 1.17 bits per heavy atom. The van der Waals surface area contributed by atoms with Crippen molar-refractivity contribution < 1.29 is 0 Å². The van der Waals surface area contributed by atoms with Crippen LogP contribution in [0.1, 0.15) is 11.1 Å². The largest absolute Gasteiger partial charge is 0.294 e. The number of nitrogens with zero attached hydrogens (tertiary/aromatic N) is 4. The minimum Gasteiger partial charge on any atom is -0.294 e. The van der Waals surface area contributed by atoms with E-state index in [0.29, 0.717) is 11.1 Å². The maximum atomic E-state index is 6.17. The van der Waals surface area contributed by atoms with Gasteiger partial charge in [-0.25, -0.2) is 9.97 Å². The fourth-order valence-electron chi connectivity index (χ4n) is 2.37. The third kappa shape index (κ3) is 3.65. The van der Waals surface area contributed by atoms with Gasteiger partial charge in [0.25, 0.3) is 0 Å². The van der Waals surface area contributed by atoms with E-state index in [1.807, 2.05) is 19.3 Å². The fourth-order valence-corrected chi connectivity index (χ4v) is 3.15. The second kappa shape index (κ2) is 6.60. The van der Waals surface area contributed by atoms with Crippen LogP contribution >= 0.6 is 23.5 Å². The summed E-state index contributed by atoms with van der Waals surface area (Å²) in [5.74, 6) is 0.476. The second-order valence-corrected chi connectivity index (χ2v) is 6.49. The van der Waals surface area contributed by atoms with Crippen molar-refractivity contribution in [2.24, 2.45) is 7.05 Å². The van der Waals surface area contributed by atoms with Crippen molar-refractivity contribution >= 4 is 29.5 Å². The maximum Gasteiger partial charge on any atom is 0.235 e. The molecule has 0 saturated heterocycles. The molecule has 2 heterocycles. The summed E-state index contributed by atoms with van der Waals surface area (Å²) in [5, 5.41) is 4.53. The molecule has 118 valence electrons. The Bertz CT molecular complexity index is 826. The average Bonchev–Trinajstić information content (AvgIpc) is 2.90. The van der Waals surface area contributed by atoms with Gasteiger partial charge in [-0.05, 0) is 36.9 Å². The lowest BCUT2D eigenvalue weighted by Crippen LogP contribution is -1.98. The molecular formula is C16H16ClN5S. The van der Waals surface area contributed by atoms with Crippen molar-refractivity contribution in [3.05, 3.63) is 52.9 Å². The molecule has 0 saturated carbocycles. The highest BCUT2D eigenvalue weighted by atomic mass is 35.5. The van der Waals surface area contributed by atoms with Gasteiger partial charge in [-0.3, -0.25) is 9.40 Å². The summed E-state index contributed by atoms with van der Waals surface area (Å²) < 4.78 is 4.86. The molecule has 0 radical (unpaired) electrons. The molecule has 0 unspecified atom stereocenters. The predicted molar refractivity (Wildman–Crippen MR) is 94.6 cm³/mol. The van der Waals surface area contributed by atoms with E-state index in [1.165, 1.54) is 11.9 Å². The quantitative estimate of drug-likeness (QED) is 0.565. The lowest BCUT2D eigenvalue weighted by Gasteiger charge is -2.11. The Morgan fingerprint density at radius 3 is 2.57 bits per heavy atom. The van der Waals surface area contributed by atoms with E-state index in [2.05, 4.69) is 45.8 Å². The molecule has 0 aliphatic carbocycles. The van der Waals surface area contributed by atoms with E-state index in [1.54, 1.807) is 16.9 Å². The zero-order valence-corrected chi connectivity index (χ0v) is 14.6. The summed E-state index contributed by atoms with van der Waals surface area (Å²) in [7, 11) is 1.87. The number of aromatic nitrogens is 4. The summed E-state index contributed by atoms with van der Waals surface area (Å²) in [6.45, 7) is 4.13. The van der Waals surface area contributed by atoms with Crippen LogP contribution < -0.4 is 4.72 Å². The second-order valence-electron chi connectivity index (χ2n) is 5.22. The number of benzene rings is 1. The smallest absolute Gasteiger partial charge is 0.235 e. The highest BCUT2D eigenvalue weighted by Crippen LogP contribution is 2.28. The third-order valence-corrected chi connectivity index (χ3v) is 4.30. The van der Waals surface area contributed by atoms with Gasteiger partial charge in [-0.2, -0.15) is 5.10 Å². The summed E-state index contributed by atoms with van der Waals surface area (Å²) in [4.78, 5) is 9.80. The van der Waals surface area contributed by atoms with Crippen LogP contribution in [0.4, 0.5) is 5.95 Å². The SMILES string of the molecule is Cc1cccc(C)c1-c1cc(Cl)nc(NSc2cnn(C)c2)n1. The molecule has 2 aromatic heterocycles. The standard InChI is InChI=1S/C16H16ClN5S/c1-10-5-4-6-11(2)15(10)13-7-14(17)20-16(19-13)21-23-12-8-18-22(3)9-12/h4-9H,1-3H3,(H,19,20,21). The van der Waals surface area contributed by atoms with Crippen LogP contribution in [0.15, 0.2) is 41.6 Å². The number of anilines is 1. The van der Waals surface area contributed by atoms with Crippen LogP contribution in [0.5, 0.6) is 0 Å². The molecule has 7 heteroatoms. The molecule has 3 aromatic rings. The predicted octanol–water partition coefficient (Wildman–Crippen LogP) is 4.27. The van der Waals surface area contributed by atoms with Gasteiger partial charge in [0, 0.05) is 24.9 Å². The van der Waals surface area contributed by atoms with Crippen molar-refractivity contribution in [3.63, 3.8) is 0 Å². The number of aryl methyl sites for hydroxylation is 3. The van der Waals surface area contributed by atoms with Crippen LogP contribution in [0, 0.1) is 13.8 Å². The monoisotopic (exact) mass is 345 g/mol. The van der Waals surface area contributed by atoms with Crippen LogP contribution in [0.2, 0.25) is 5.15 Å². The fraction of sp³-hybridized carbons (Fsp3) is 0.188. The van der Waals surface area contributed by atoms with Crippen LogP contribution in [0.3, 0.4) is 0 Å². The van der Waals surface area contributed by atoms with E-state index >= 15 is 0 Å². The lowest BCUT2D eigenvalue weighted by molar-refractivity contribution is 0.766. The van der Waals surface area contributed by atoms with Gasteiger partial charge in [0.05, 0.1) is 16.8 Å². The van der Waals surface area contributed by atoms with Gasteiger partial charge in [0.1, 0.15) is 5.15 Å². The normalized spacial score (nSPS) is 10.8. The van der Waals surface area contributed by atoms with Gasteiger partial charge in [0.15, 0.2) is 0 Å². The van der Waals surface area contributed by atoms with Crippen LogP contribution in [-0.4, -0.2) is 19.7 Å². The number of hydrogen-bond donors (Lipinski definition) is 1. The Kier molecular flexibility index (Phi) is 4.54. The number of halogens is 1. The third-order valence-electron chi connectivity index (χ3n) is 3.37. The molecule has 0 aliphatic rings. The Balaban J connectivity index is 1.90. The van der Waals surface area contributed by atoms with Gasteiger partial charge in [0.2, 0.25) is 5.95 Å². The molecule has 1 aromatic carbocycles. The molecule has 0 aliphatic heterocycles. The zero-order valence-electron chi connectivity index (χ0n) is 13.0. The minimum atomic E-state index is 0.409. The summed E-state index contributed by atoms with van der Waals surface area (Å²) in [5.41, 5.74) is 4.22. The summed E-state index contributed by atoms with van der Waals surface area (Å²) >= 11 is 7.57. The van der Waals surface area contributed by atoms with E-state index in [-0.39, 0.29) is 0 Å². The molecule has 23 heavy (non-hydrogen) atoms. The Hall–Kier alpha value is -2.05. The molecule has 0 bridgehead atoms. The first-order valence-corrected chi connectivity index (χ1v) is 8.25. The van der Waals surface area contributed by atoms with E-state index in [0.717, 1.165) is 27.3 Å².